The van der Waals surface area contributed by atoms with Crippen molar-refractivity contribution in [3.63, 3.8) is 0 Å². The van der Waals surface area contributed by atoms with E-state index < -0.39 is 0 Å². The summed E-state index contributed by atoms with van der Waals surface area (Å²) in [5.41, 5.74) is 0. The fourth-order valence-corrected chi connectivity index (χ4v) is 2.68. The highest BCUT2D eigenvalue weighted by atomic mass is 16.5. The third-order valence-corrected chi connectivity index (χ3v) is 4.13. The van der Waals surface area contributed by atoms with Gasteiger partial charge in [-0.3, -0.25) is 0 Å². The fourth-order valence-electron chi connectivity index (χ4n) is 2.68. The Kier molecular flexibility index (Phi) is 8.64. The van der Waals surface area contributed by atoms with Gasteiger partial charge in [0.15, 0.2) is 0 Å². The van der Waals surface area contributed by atoms with E-state index in [-0.39, 0.29) is 0 Å². The van der Waals surface area contributed by atoms with Crippen molar-refractivity contribution in [1.29, 1.82) is 0 Å². The van der Waals surface area contributed by atoms with Crippen LogP contribution in [-0.2, 0) is 4.74 Å². The van der Waals surface area contributed by atoms with E-state index in [9.17, 15) is 0 Å². The lowest BCUT2D eigenvalue weighted by Crippen LogP contribution is -2.46. The molecule has 0 bridgehead atoms. The van der Waals surface area contributed by atoms with Crippen LogP contribution in [0, 0.1) is 0 Å². The zero-order chi connectivity index (χ0) is 13.2. The van der Waals surface area contributed by atoms with Gasteiger partial charge in [-0.25, -0.2) is 0 Å². The smallest absolute Gasteiger partial charge is 0.0571 e. The maximum absolute atomic E-state index is 5.55. The molecule has 1 fully saturated rings. The highest BCUT2D eigenvalue weighted by molar-refractivity contribution is 4.71. The Bertz CT molecular complexity index is 191. The first-order valence-electron chi connectivity index (χ1n) is 7.77. The molecule has 1 aliphatic rings. The molecule has 0 saturated carbocycles. The van der Waals surface area contributed by atoms with E-state index in [0.29, 0.717) is 6.10 Å². The molecule has 0 unspecified atom stereocenters. The minimum absolute atomic E-state index is 0.488. The minimum Gasteiger partial charge on any atom is -0.381 e. The molecule has 0 aromatic carbocycles. The average molecular weight is 256 g/mol. The van der Waals surface area contributed by atoms with Gasteiger partial charge in [0, 0.05) is 33.3 Å². The summed E-state index contributed by atoms with van der Waals surface area (Å²) in [5, 5.41) is 0. The lowest BCUT2D eigenvalue weighted by Gasteiger charge is -2.34. The first-order valence-corrected chi connectivity index (χ1v) is 7.77. The Labute approximate surface area is 113 Å². The Morgan fingerprint density at radius 1 is 0.944 bits per heavy atom. The molecule has 0 aromatic heterocycles. The summed E-state index contributed by atoms with van der Waals surface area (Å²) in [6.07, 6.45) is 6.81. The van der Waals surface area contributed by atoms with Gasteiger partial charge in [0.2, 0.25) is 0 Å². The van der Waals surface area contributed by atoms with Gasteiger partial charge >= 0.3 is 0 Å². The highest BCUT2D eigenvalue weighted by Gasteiger charge is 2.15. The van der Waals surface area contributed by atoms with E-state index in [0.717, 1.165) is 0 Å². The van der Waals surface area contributed by atoms with Gasteiger partial charge < -0.3 is 14.5 Å². The lowest BCUT2D eigenvalue weighted by molar-refractivity contribution is 0.0767. The molecule has 1 rings (SSSR count). The summed E-state index contributed by atoms with van der Waals surface area (Å²) in [6.45, 7) is 12.0. The molecular weight excluding hydrogens is 224 g/mol. The van der Waals surface area contributed by atoms with Crippen LogP contribution in [0.15, 0.2) is 0 Å². The molecule has 0 aromatic rings. The topological polar surface area (TPSA) is 15.7 Å². The minimum atomic E-state index is 0.488. The lowest BCUT2D eigenvalue weighted by atomic mass is 10.1. The van der Waals surface area contributed by atoms with Crippen molar-refractivity contribution >= 4 is 0 Å². The second-order valence-electron chi connectivity index (χ2n) is 5.42. The summed E-state index contributed by atoms with van der Waals surface area (Å²) in [6, 6.07) is 0. The van der Waals surface area contributed by atoms with Crippen molar-refractivity contribution in [2.45, 2.75) is 52.1 Å². The van der Waals surface area contributed by atoms with Crippen LogP contribution in [0.4, 0.5) is 0 Å². The van der Waals surface area contributed by atoms with Crippen molar-refractivity contribution in [2.24, 2.45) is 0 Å². The van der Waals surface area contributed by atoms with Gasteiger partial charge in [0.05, 0.1) is 6.10 Å². The predicted octanol–water partition coefficient (Wildman–Crippen LogP) is 2.61. The Morgan fingerprint density at radius 2 is 1.56 bits per heavy atom. The molecule has 1 heterocycles. The molecule has 0 aliphatic carbocycles. The Balaban J connectivity index is 2.06. The van der Waals surface area contributed by atoms with Crippen LogP contribution >= 0.6 is 0 Å². The number of likely N-dealkylation sites (N-methyl/N-ethyl adjacent to an activating group) is 1. The van der Waals surface area contributed by atoms with Crippen LogP contribution in [0.1, 0.15) is 46.0 Å². The van der Waals surface area contributed by atoms with Gasteiger partial charge in [0.1, 0.15) is 0 Å². The van der Waals surface area contributed by atoms with Gasteiger partial charge in [-0.15, -0.1) is 0 Å². The number of hydrogen-bond acceptors (Lipinski definition) is 3. The van der Waals surface area contributed by atoms with E-state index in [2.05, 4.69) is 23.6 Å². The van der Waals surface area contributed by atoms with Crippen LogP contribution in [0.2, 0.25) is 0 Å². The molecular formula is C15H32N2O. The van der Waals surface area contributed by atoms with E-state index in [1.165, 1.54) is 71.4 Å². The van der Waals surface area contributed by atoms with Crippen LogP contribution in [-0.4, -0.2) is 62.3 Å². The number of rotatable bonds is 9. The van der Waals surface area contributed by atoms with Gasteiger partial charge in [0.25, 0.3) is 0 Å². The zero-order valence-corrected chi connectivity index (χ0v) is 12.7. The number of methoxy groups -OCH3 is 1. The zero-order valence-electron chi connectivity index (χ0n) is 12.7. The van der Waals surface area contributed by atoms with Crippen molar-refractivity contribution in [3.8, 4) is 0 Å². The van der Waals surface area contributed by atoms with Crippen LogP contribution in [0.3, 0.4) is 0 Å². The van der Waals surface area contributed by atoms with Crippen LogP contribution in [0.5, 0.6) is 0 Å². The summed E-state index contributed by atoms with van der Waals surface area (Å²) >= 11 is 0. The van der Waals surface area contributed by atoms with Crippen molar-refractivity contribution in [2.75, 3.05) is 46.4 Å². The van der Waals surface area contributed by atoms with Gasteiger partial charge in [-0.05, 0) is 32.4 Å². The highest BCUT2D eigenvalue weighted by Crippen LogP contribution is 2.11. The average Bonchev–Trinajstić information content (AvgIpc) is 2.43. The first-order chi connectivity index (χ1) is 8.80. The molecule has 1 saturated heterocycles. The normalized spacial score (nSPS) is 20.2. The molecule has 1 aliphatic heterocycles. The van der Waals surface area contributed by atoms with Crippen molar-refractivity contribution in [3.05, 3.63) is 0 Å². The predicted molar refractivity (Wildman–Crippen MR) is 78.1 cm³/mol. The van der Waals surface area contributed by atoms with E-state index in [1.54, 1.807) is 0 Å². The van der Waals surface area contributed by atoms with Crippen LogP contribution in [0.25, 0.3) is 0 Å². The monoisotopic (exact) mass is 256 g/mol. The van der Waals surface area contributed by atoms with Crippen molar-refractivity contribution < 1.29 is 4.74 Å². The fraction of sp³-hybridized carbons (Fsp3) is 1.00. The maximum Gasteiger partial charge on any atom is 0.0571 e. The largest absolute Gasteiger partial charge is 0.381 e. The maximum atomic E-state index is 5.55. The molecule has 0 spiro atoms. The van der Waals surface area contributed by atoms with E-state index in [4.69, 9.17) is 4.74 Å². The first kappa shape index (κ1) is 15.9. The summed E-state index contributed by atoms with van der Waals surface area (Å²) in [5.74, 6) is 0. The molecule has 0 N–H and O–H groups in total. The molecule has 108 valence electrons. The molecule has 0 radical (unpaired) electrons. The molecule has 3 heteroatoms. The molecule has 1 atom stereocenters. The number of nitrogens with zero attached hydrogens (tertiary/aromatic N) is 2. The Morgan fingerprint density at radius 3 is 2.11 bits per heavy atom. The standard InChI is InChI=1S/C15H32N2O/c1-4-6-8-15(18-3)9-7-10-17-13-11-16(5-2)12-14-17/h15H,4-14H2,1-3H3/t15-/m0/s1. The molecule has 3 nitrogen and oxygen atoms in total. The van der Waals surface area contributed by atoms with Crippen molar-refractivity contribution in [1.82, 2.24) is 9.80 Å². The summed E-state index contributed by atoms with van der Waals surface area (Å²) in [7, 11) is 1.86. The third-order valence-electron chi connectivity index (χ3n) is 4.13. The molecule has 18 heavy (non-hydrogen) atoms. The molecule has 0 amide bonds. The van der Waals surface area contributed by atoms with Gasteiger partial charge in [-0.1, -0.05) is 26.7 Å². The van der Waals surface area contributed by atoms with Gasteiger partial charge in [-0.2, -0.15) is 0 Å². The summed E-state index contributed by atoms with van der Waals surface area (Å²) < 4.78 is 5.55. The number of piperazine rings is 1. The number of ether oxygens (including phenoxy) is 1. The quantitative estimate of drug-likeness (QED) is 0.631. The number of unbranched alkanes of at least 4 members (excludes halogenated alkanes) is 1. The third kappa shape index (κ3) is 6.17. The second kappa shape index (κ2) is 9.76. The van der Waals surface area contributed by atoms with Crippen LogP contribution < -0.4 is 0 Å². The SMILES string of the molecule is CCCC[C@@H](CCCN1CCN(CC)CC1)OC. The summed E-state index contributed by atoms with van der Waals surface area (Å²) in [4.78, 5) is 5.15. The Hall–Kier alpha value is -0.120. The number of hydrogen-bond donors (Lipinski definition) is 0. The van der Waals surface area contributed by atoms with E-state index in [1.807, 2.05) is 7.11 Å². The van der Waals surface area contributed by atoms with E-state index >= 15 is 0 Å². The second-order valence-corrected chi connectivity index (χ2v) is 5.42.